The molecule has 0 aliphatic carbocycles. The van der Waals surface area contributed by atoms with Gasteiger partial charge in [0.15, 0.2) is 23.0 Å². The van der Waals surface area contributed by atoms with E-state index in [4.69, 9.17) is 28.9 Å². The largest absolute Gasteiger partial charge is 0.504 e. The van der Waals surface area contributed by atoms with E-state index in [2.05, 4.69) is 0 Å². The molecule has 3 N–H and O–H groups in total. The predicted molar refractivity (Wildman–Crippen MR) is 129 cm³/mol. The van der Waals surface area contributed by atoms with Gasteiger partial charge >= 0.3 is 5.97 Å². The second-order valence-corrected chi connectivity index (χ2v) is 8.15. The van der Waals surface area contributed by atoms with Crippen LogP contribution in [0.4, 0.5) is 5.69 Å². The van der Waals surface area contributed by atoms with Crippen molar-refractivity contribution in [2.45, 2.75) is 25.3 Å². The van der Waals surface area contributed by atoms with E-state index in [9.17, 15) is 19.5 Å². The topological polar surface area (TPSA) is 153 Å². The standard InChI is InChI=1S/C25H30N2O10/c1-33-18-9-8-14(10-17(18)28)23-16(13-37-22(30)7-5-6-21(29)26-32)25(31)27(23)15-11-19(34-2)24(36-4)20(12-15)35-3/h8-12,16,23,28,32H,5-7,13H2,1-4H3,(H,26,29)/t16-,23-/m0/s1. The summed E-state index contributed by atoms with van der Waals surface area (Å²) in [6.45, 7) is -0.206. The van der Waals surface area contributed by atoms with Gasteiger partial charge in [0.05, 0.1) is 46.1 Å². The highest BCUT2D eigenvalue weighted by Crippen LogP contribution is 2.49. The number of aromatic hydroxyl groups is 1. The summed E-state index contributed by atoms with van der Waals surface area (Å²) in [6.07, 6.45) is 0.0761. The van der Waals surface area contributed by atoms with E-state index in [0.29, 0.717) is 28.5 Å². The number of rotatable bonds is 12. The van der Waals surface area contributed by atoms with Crippen molar-refractivity contribution in [3.63, 3.8) is 0 Å². The maximum Gasteiger partial charge on any atom is 0.305 e. The maximum atomic E-state index is 13.3. The molecule has 37 heavy (non-hydrogen) atoms. The Kier molecular flexibility index (Phi) is 9.01. The van der Waals surface area contributed by atoms with E-state index in [-0.39, 0.29) is 43.3 Å². The Labute approximate surface area is 213 Å². The molecule has 1 fully saturated rings. The Bertz CT molecular complexity index is 1130. The molecule has 0 unspecified atom stereocenters. The number of carbonyl (C=O) groups excluding carboxylic acids is 3. The van der Waals surface area contributed by atoms with Crippen LogP contribution in [0, 0.1) is 5.92 Å². The van der Waals surface area contributed by atoms with E-state index < -0.39 is 23.8 Å². The van der Waals surface area contributed by atoms with Gasteiger partial charge in [-0.05, 0) is 24.1 Å². The van der Waals surface area contributed by atoms with Crippen molar-refractivity contribution in [2.75, 3.05) is 39.9 Å². The SMILES string of the molecule is COc1ccc([C@H]2[C@H](COC(=O)CCCC(=O)NO)C(=O)N2c2cc(OC)c(OC)c(OC)c2)cc1O. The van der Waals surface area contributed by atoms with Crippen molar-refractivity contribution >= 4 is 23.5 Å². The van der Waals surface area contributed by atoms with Crippen LogP contribution in [0.5, 0.6) is 28.7 Å². The van der Waals surface area contributed by atoms with Gasteiger partial charge in [-0.15, -0.1) is 0 Å². The molecule has 1 aliphatic heterocycles. The lowest BCUT2D eigenvalue weighted by Gasteiger charge is -2.47. The Morgan fingerprint density at radius 1 is 0.946 bits per heavy atom. The predicted octanol–water partition coefficient (Wildman–Crippen LogP) is 2.35. The summed E-state index contributed by atoms with van der Waals surface area (Å²) in [6, 6.07) is 7.44. The Balaban J connectivity index is 1.88. The smallest absolute Gasteiger partial charge is 0.305 e. The van der Waals surface area contributed by atoms with E-state index in [0.717, 1.165) is 0 Å². The van der Waals surface area contributed by atoms with Crippen molar-refractivity contribution in [1.82, 2.24) is 5.48 Å². The number of esters is 1. The number of nitrogens with zero attached hydrogens (tertiary/aromatic N) is 1. The molecule has 0 radical (unpaired) electrons. The molecule has 0 bridgehead atoms. The Morgan fingerprint density at radius 3 is 2.14 bits per heavy atom. The zero-order chi connectivity index (χ0) is 27.1. The number of phenols is 1. The van der Waals surface area contributed by atoms with Crippen LogP contribution in [0.2, 0.25) is 0 Å². The molecule has 3 rings (SSSR count). The number of ether oxygens (including phenoxy) is 5. The fourth-order valence-electron chi connectivity index (χ4n) is 4.18. The number of anilines is 1. The molecule has 1 aliphatic rings. The van der Waals surface area contributed by atoms with Gasteiger partial charge in [-0.2, -0.15) is 0 Å². The molecule has 2 aromatic rings. The normalized spacial score (nSPS) is 16.5. The summed E-state index contributed by atoms with van der Waals surface area (Å²) in [7, 11) is 5.82. The quantitative estimate of drug-likeness (QED) is 0.165. The van der Waals surface area contributed by atoms with Gasteiger partial charge in [0.1, 0.15) is 6.61 Å². The number of phenolic OH excluding ortho intramolecular Hbond substituents is 1. The first kappa shape index (κ1) is 27.4. The summed E-state index contributed by atoms with van der Waals surface area (Å²) in [5.74, 6) is -1.03. The van der Waals surface area contributed by atoms with Crippen LogP contribution in [0.25, 0.3) is 0 Å². The summed E-state index contributed by atoms with van der Waals surface area (Å²) in [5.41, 5.74) is 2.54. The molecule has 0 spiro atoms. The van der Waals surface area contributed by atoms with E-state index >= 15 is 0 Å². The average molecular weight is 519 g/mol. The third-order valence-electron chi connectivity index (χ3n) is 6.02. The highest BCUT2D eigenvalue weighted by Gasteiger charge is 2.50. The van der Waals surface area contributed by atoms with Gasteiger partial charge in [-0.25, -0.2) is 5.48 Å². The molecule has 12 nitrogen and oxygen atoms in total. The molecular formula is C25H30N2O10. The lowest BCUT2D eigenvalue weighted by Crippen LogP contribution is -2.57. The van der Waals surface area contributed by atoms with E-state index in [1.54, 1.807) is 24.3 Å². The van der Waals surface area contributed by atoms with Crippen molar-refractivity contribution in [3.05, 3.63) is 35.9 Å². The second kappa shape index (κ2) is 12.2. The highest BCUT2D eigenvalue weighted by atomic mass is 16.5. The molecule has 2 aromatic carbocycles. The summed E-state index contributed by atoms with van der Waals surface area (Å²) in [4.78, 5) is 38.1. The van der Waals surface area contributed by atoms with Gasteiger partial charge in [0, 0.05) is 25.0 Å². The van der Waals surface area contributed by atoms with E-state index in [1.165, 1.54) is 44.9 Å². The van der Waals surface area contributed by atoms with Crippen molar-refractivity contribution in [1.29, 1.82) is 0 Å². The zero-order valence-electron chi connectivity index (χ0n) is 21.0. The summed E-state index contributed by atoms with van der Waals surface area (Å²) < 4.78 is 26.7. The Hall–Kier alpha value is -4.19. The molecule has 1 saturated heterocycles. The second-order valence-electron chi connectivity index (χ2n) is 8.15. The molecule has 0 saturated carbocycles. The molecular weight excluding hydrogens is 488 g/mol. The first-order chi connectivity index (χ1) is 17.8. The highest BCUT2D eigenvalue weighted by molar-refractivity contribution is 6.04. The first-order valence-corrected chi connectivity index (χ1v) is 11.4. The molecule has 1 heterocycles. The minimum atomic E-state index is -0.739. The lowest BCUT2D eigenvalue weighted by atomic mass is 9.82. The van der Waals surface area contributed by atoms with Gasteiger partial charge in [-0.3, -0.25) is 19.6 Å². The monoisotopic (exact) mass is 518 g/mol. The number of hydroxylamine groups is 1. The van der Waals surface area contributed by atoms with Crippen LogP contribution in [0.15, 0.2) is 30.3 Å². The van der Waals surface area contributed by atoms with Gasteiger partial charge < -0.3 is 33.7 Å². The van der Waals surface area contributed by atoms with Crippen molar-refractivity contribution < 1.29 is 48.4 Å². The molecule has 12 heteroatoms. The number of hydrogen-bond acceptors (Lipinski definition) is 10. The van der Waals surface area contributed by atoms with Crippen LogP contribution in [0.1, 0.15) is 30.9 Å². The minimum Gasteiger partial charge on any atom is -0.504 e. The molecule has 0 aromatic heterocycles. The number of carbonyl (C=O) groups is 3. The van der Waals surface area contributed by atoms with Gasteiger partial charge in [-0.1, -0.05) is 6.07 Å². The maximum absolute atomic E-state index is 13.3. The molecule has 2 atom stereocenters. The van der Waals surface area contributed by atoms with Crippen LogP contribution >= 0.6 is 0 Å². The molecule has 2 amide bonds. The van der Waals surface area contributed by atoms with Crippen LogP contribution in [-0.4, -0.2) is 63.1 Å². The van der Waals surface area contributed by atoms with E-state index in [1.807, 2.05) is 0 Å². The Morgan fingerprint density at radius 2 is 1.59 bits per heavy atom. The number of nitrogens with one attached hydrogen (secondary N) is 1. The first-order valence-electron chi connectivity index (χ1n) is 11.4. The zero-order valence-corrected chi connectivity index (χ0v) is 21.0. The van der Waals surface area contributed by atoms with Gasteiger partial charge in [0.25, 0.3) is 0 Å². The van der Waals surface area contributed by atoms with Gasteiger partial charge in [0.2, 0.25) is 17.6 Å². The number of benzene rings is 2. The number of amides is 2. The van der Waals surface area contributed by atoms with Crippen molar-refractivity contribution in [3.8, 4) is 28.7 Å². The third-order valence-corrected chi connectivity index (χ3v) is 6.02. The number of hydrogen-bond donors (Lipinski definition) is 3. The fourth-order valence-corrected chi connectivity index (χ4v) is 4.18. The molecule has 200 valence electrons. The third kappa shape index (κ3) is 5.80. The summed E-state index contributed by atoms with van der Waals surface area (Å²) in [5, 5.41) is 18.9. The van der Waals surface area contributed by atoms with Crippen LogP contribution in [0.3, 0.4) is 0 Å². The average Bonchev–Trinajstić information content (AvgIpc) is 2.90. The minimum absolute atomic E-state index is 0.0450. The lowest BCUT2D eigenvalue weighted by molar-refractivity contribution is -0.149. The van der Waals surface area contributed by atoms with Crippen LogP contribution in [-0.2, 0) is 19.1 Å². The number of β-lactam (4-membered cyclic amide) rings is 1. The summed E-state index contributed by atoms with van der Waals surface area (Å²) >= 11 is 0. The number of methoxy groups -OCH3 is 4. The van der Waals surface area contributed by atoms with Crippen LogP contribution < -0.4 is 29.3 Å². The fraction of sp³-hybridized carbons (Fsp3) is 0.400. The van der Waals surface area contributed by atoms with Crippen molar-refractivity contribution in [2.24, 2.45) is 5.92 Å².